The highest BCUT2D eigenvalue weighted by atomic mass is 32.1. The predicted molar refractivity (Wildman–Crippen MR) is 123 cm³/mol. The Hall–Kier alpha value is -3.06. The Labute approximate surface area is 180 Å². The fourth-order valence-electron chi connectivity index (χ4n) is 3.67. The number of nitrogens with two attached hydrogens (primary N) is 1. The third-order valence-corrected chi connectivity index (χ3v) is 6.35. The average molecular weight is 423 g/mol. The van der Waals surface area contributed by atoms with E-state index in [1.165, 1.54) is 30.6 Å². The molecule has 1 heterocycles. The maximum absolute atomic E-state index is 6.54. The molecule has 0 atom stereocenters. The molecule has 3 aromatic rings. The second kappa shape index (κ2) is 9.17. The van der Waals surface area contributed by atoms with Gasteiger partial charge < -0.3 is 15.3 Å². The molecule has 0 saturated heterocycles. The third kappa shape index (κ3) is 4.11. The number of rotatable bonds is 5. The maximum Gasteiger partial charge on any atom is 0.229 e. The minimum atomic E-state index is 0.654. The summed E-state index contributed by atoms with van der Waals surface area (Å²) < 4.78 is 12.5. The summed E-state index contributed by atoms with van der Waals surface area (Å²) in [6.07, 6.45) is 5.69. The zero-order valence-electron chi connectivity index (χ0n) is 17.3. The van der Waals surface area contributed by atoms with E-state index >= 15 is 0 Å². The van der Waals surface area contributed by atoms with Crippen molar-refractivity contribution in [2.75, 3.05) is 20.1 Å². The van der Waals surface area contributed by atoms with Crippen molar-refractivity contribution in [3.8, 4) is 33.2 Å². The van der Waals surface area contributed by atoms with Crippen LogP contribution in [0.2, 0.25) is 0 Å². The normalized spacial score (nSPS) is 14.6. The molecule has 7 heteroatoms. The van der Waals surface area contributed by atoms with Crippen LogP contribution >= 0.6 is 11.3 Å². The number of nitrogens with zero attached hydrogens (tertiary/aromatic N) is 3. The van der Waals surface area contributed by atoms with Crippen LogP contribution in [-0.2, 0) is 0 Å². The van der Waals surface area contributed by atoms with E-state index in [1.54, 1.807) is 18.9 Å². The minimum absolute atomic E-state index is 0.654. The number of thiazole rings is 1. The molecule has 2 aromatic carbocycles. The van der Waals surface area contributed by atoms with Crippen molar-refractivity contribution >= 4 is 17.0 Å². The molecule has 0 spiro atoms. The lowest BCUT2D eigenvalue weighted by atomic mass is 9.99. The number of methoxy groups -OCH3 is 2. The molecule has 2 N–H and O–H groups in total. The summed E-state index contributed by atoms with van der Waals surface area (Å²) >= 11 is 1.54. The number of hydrogen-bond donors (Lipinski definition) is 1. The topological polar surface area (TPSA) is 74.1 Å². The highest BCUT2D eigenvalue weighted by Gasteiger charge is 2.18. The van der Waals surface area contributed by atoms with Crippen LogP contribution in [0.25, 0.3) is 21.7 Å². The molecule has 1 aromatic heterocycles. The highest BCUT2D eigenvalue weighted by molar-refractivity contribution is 7.13. The molecule has 0 unspecified atom stereocenters. The fourth-order valence-corrected chi connectivity index (χ4v) is 4.70. The van der Waals surface area contributed by atoms with E-state index in [4.69, 9.17) is 15.3 Å². The van der Waals surface area contributed by atoms with E-state index in [9.17, 15) is 0 Å². The van der Waals surface area contributed by atoms with E-state index in [0.29, 0.717) is 16.3 Å². The van der Waals surface area contributed by atoms with Gasteiger partial charge in [-0.15, -0.1) is 5.10 Å². The first kappa shape index (κ1) is 20.2. The lowest BCUT2D eigenvalue weighted by molar-refractivity contribution is 0.355. The lowest BCUT2D eigenvalue weighted by Crippen LogP contribution is -2.23. The second-order valence-corrected chi connectivity index (χ2v) is 8.17. The van der Waals surface area contributed by atoms with E-state index in [0.717, 1.165) is 40.3 Å². The van der Waals surface area contributed by atoms with Crippen LogP contribution in [-0.4, -0.2) is 24.6 Å². The van der Waals surface area contributed by atoms with E-state index in [-0.39, 0.29) is 0 Å². The molecule has 1 aliphatic carbocycles. The van der Waals surface area contributed by atoms with Crippen LogP contribution in [0.1, 0.15) is 32.1 Å². The monoisotopic (exact) mass is 422 g/mol. The van der Waals surface area contributed by atoms with Gasteiger partial charge in [0, 0.05) is 11.3 Å². The quantitative estimate of drug-likeness (QED) is 0.472. The summed E-state index contributed by atoms with van der Waals surface area (Å²) in [6, 6.07) is 16.0. The Kier molecular flexibility index (Phi) is 6.18. The fraction of sp³-hybridized carbons (Fsp3) is 0.304. The van der Waals surface area contributed by atoms with E-state index in [2.05, 4.69) is 22.3 Å². The largest absolute Gasteiger partial charge is 0.493 e. The van der Waals surface area contributed by atoms with Crippen molar-refractivity contribution < 1.29 is 9.47 Å². The predicted octanol–water partition coefficient (Wildman–Crippen LogP) is 4.84. The van der Waals surface area contributed by atoms with Gasteiger partial charge in [0.25, 0.3) is 0 Å². The van der Waals surface area contributed by atoms with Gasteiger partial charge in [0.1, 0.15) is 0 Å². The first-order valence-corrected chi connectivity index (χ1v) is 10.9. The zero-order valence-corrected chi connectivity index (χ0v) is 18.1. The van der Waals surface area contributed by atoms with Crippen molar-refractivity contribution in [3.63, 3.8) is 0 Å². The minimum Gasteiger partial charge on any atom is -0.493 e. The molecule has 30 heavy (non-hydrogen) atoms. The molecule has 1 fully saturated rings. The Balaban J connectivity index is 1.87. The summed E-state index contributed by atoms with van der Waals surface area (Å²) in [5, 5.41) is 9.05. The van der Waals surface area contributed by atoms with Crippen LogP contribution in [0.4, 0.5) is 0 Å². The van der Waals surface area contributed by atoms with Crippen LogP contribution in [0.3, 0.4) is 0 Å². The Morgan fingerprint density at radius 1 is 0.867 bits per heavy atom. The van der Waals surface area contributed by atoms with Crippen molar-refractivity contribution in [1.29, 1.82) is 0 Å². The molecular formula is C23H26N4O2S. The van der Waals surface area contributed by atoms with Crippen molar-refractivity contribution in [2.45, 2.75) is 32.1 Å². The SMILES string of the molecule is COc1ccc(-c2c(-c3ccccc3)s/c(=N\N=C3CCCCC3)n2N)cc1OC. The van der Waals surface area contributed by atoms with Crippen molar-refractivity contribution in [2.24, 2.45) is 10.2 Å². The summed E-state index contributed by atoms with van der Waals surface area (Å²) in [4.78, 5) is 1.70. The summed E-state index contributed by atoms with van der Waals surface area (Å²) in [6.45, 7) is 0. The molecule has 0 amide bonds. The van der Waals surface area contributed by atoms with Gasteiger partial charge in [0.05, 0.1) is 24.8 Å². The number of hydrogen-bond acceptors (Lipinski definition) is 6. The smallest absolute Gasteiger partial charge is 0.229 e. The van der Waals surface area contributed by atoms with Gasteiger partial charge in [-0.25, -0.2) is 4.68 Å². The molecule has 6 nitrogen and oxygen atoms in total. The van der Waals surface area contributed by atoms with Crippen LogP contribution in [0, 0.1) is 0 Å². The van der Waals surface area contributed by atoms with Gasteiger partial charge in [0.2, 0.25) is 4.80 Å². The molecule has 1 saturated carbocycles. The molecule has 0 radical (unpaired) electrons. The van der Waals surface area contributed by atoms with Gasteiger partial charge in [-0.3, -0.25) is 0 Å². The summed E-state index contributed by atoms with van der Waals surface area (Å²) in [5.41, 5.74) is 4.04. The molecule has 0 aliphatic heterocycles. The molecule has 156 valence electrons. The van der Waals surface area contributed by atoms with E-state index < -0.39 is 0 Å². The van der Waals surface area contributed by atoms with Crippen LogP contribution in [0.15, 0.2) is 58.7 Å². The Morgan fingerprint density at radius 2 is 1.60 bits per heavy atom. The maximum atomic E-state index is 6.54. The molecule has 1 aliphatic rings. The van der Waals surface area contributed by atoms with E-state index in [1.807, 2.05) is 36.4 Å². The lowest BCUT2D eigenvalue weighted by Gasteiger charge is -2.11. The van der Waals surface area contributed by atoms with Crippen LogP contribution in [0.5, 0.6) is 11.5 Å². The van der Waals surface area contributed by atoms with Gasteiger partial charge in [-0.05, 0) is 49.4 Å². The average Bonchev–Trinajstić information content (AvgIpc) is 3.14. The summed E-state index contributed by atoms with van der Waals surface area (Å²) in [5.74, 6) is 7.87. The first-order valence-electron chi connectivity index (χ1n) is 10.1. The molecule has 0 bridgehead atoms. The molecule has 4 rings (SSSR count). The Bertz CT molecular complexity index is 1110. The number of benzene rings is 2. The number of nitrogen functional groups attached to an aromatic ring is 1. The zero-order chi connectivity index (χ0) is 20.9. The van der Waals surface area contributed by atoms with Gasteiger partial charge in [0.15, 0.2) is 11.5 Å². The standard InChI is InChI=1S/C23H26N4O2S/c1-28-19-14-13-17(15-20(19)29-2)21-22(16-9-5-3-6-10-16)30-23(27(21)24)26-25-18-11-7-4-8-12-18/h3,5-6,9-10,13-15H,4,7-8,11-12,24H2,1-2H3/b26-23-. The number of aromatic nitrogens is 1. The summed E-state index contributed by atoms with van der Waals surface area (Å²) in [7, 11) is 3.26. The third-order valence-electron chi connectivity index (χ3n) is 5.26. The van der Waals surface area contributed by atoms with Crippen molar-refractivity contribution in [1.82, 2.24) is 4.68 Å². The van der Waals surface area contributed by atoms with Gasteiger partial charge in [-0.1, -0.05) is 48.1 Å². The highest BCUT2D eigenvalue weighted by Crippen LogP contribution is 2.38. The molecular weight excluding hydrogens is 396 g/mol. The van der Waals surface area contributed by atoms with Crippen molar-refractivity contribution in [3.05, 3.63) is 53.3 Å². The second-order valence-electron chi connectivity index (χ2n) is 7.20. The van der Waals surface area contributed by atoms with Gasteiger partial charge in [-0.2, -0.15) is 5.10 Å². The number of ether oxygens (including phenoxy) is 2. The van der Waals surface area contributed by atoms with Gasteiger partial charge >= 0.3 is 0 Å². The first-order chi connectivity index (χ1) is 14.7. The van der Waals surface area contributed by atoms with Crippen LogP contribution < -0.4 is 20.1 Å². The Morgan fingerprint density at radius 3 is 2.30 bits per heavy atom.